The molecule has 11 nitrogen and oxygen atoms in total. The molecule has 6 rings (SSSR count). The monoisotopic (exact) mass is 877 g/mol. The SMILES string of the molecule is C/C=C/CC.C=C(C)N1c2cc(OCCCCCOc3cc4c(cc3OC)C(=O)N3C=C(C)CC3C=N4)c(OC)cc2C(=O)N2C=C(C)CC2C1O.CC.CC.CC.CC.CCC. The molecule has 0 radical (unpaired) electrons. The van der Waals surface area contributed by atoms with Gasteiger partial charge in [0.1, 0.15) is 0 Å². The van der Waals surface area contributed by atoms with E-state index in [1.165, 1.54) is 6.42 Å². The molecule has 0 spiro atoms. The number of unbranched alkanes of at least 4 members (excludes halogenated alkanes) is 2. The number of fused-ring (bicyclic) bond motifs is 4. The van der Waals surface area contributed by atoms with E-state index in [2.05, 4.69) is 44.5 Å². The van der Waals surface area contributed by atoms with Gasteiger partial charge in [-0.3, -0.25) is 14.6 Å². The topological polar surface area (TPSA) is 113 Å². The largest absolute Gasteiger partial charge is 0.493 e. The van der Waals surface area contributed by atoms with Crippen LogP contribution in [0.2, 0.25) is 0 Å². The number of aliphatic hydroxyl groups excluding tert-OH is 1. The number of allylic oxidation sites excluding steroid dienone is 3. The van der Waals surface area contributed by atoms with Crippen molar-refractivity contribution in [1.29, 1.82) is 0 Å². The van der Waals surface area contributed by atoms with Crippen LogP contribution in [0.25, 0.3) is 0 Å². The number of anilines is 1. The quantitative estimate of drug-likeness (QED) is 0.166. The lowest BCUT2D eigenvalue weighted by molar-refractivity contribution is 0.0594. The van der Waals surface area contributed by atoms with Gasteiger partial charge in [-0.05, 0) is 78.4 Å². The van der Waals surface area contributed by atoms with Crippen LogP contribution in [0.1, 0.15) is 170 Å². The van der Waals surface area contributed by atoms with Crippen molar-refractivity contribution in [2.24, 2.45) is 4.99 Å². The van der Waals surface area contributed by atoms with Crippen molar-refractivity contribution < 1.29 is 33.6 Å². The Hall–Kier alpha value is -5.03. The van der Waals surface area contributed by atoms with Crippen LogP contribution in [-0.2, 0) is 0 Å². The molecule has 11 heteroatoms. The summed E-state index contributed by atoms with van der Waals surface area (Å²) in [4.78, 5) is 36.4. The number of carbonyl (C=O) groups is 2. The summed E-state index contributed by atoms with van der Waals surface area (Å²) in [6.07, 6.45) is 14.9. The van der Waals surface area contributed by atoms with E-state index in [1.807, 2.05) is 95.5 Å². The molecule has 2 amide bonds. The molecule has 4 heterocycles. The maximum Gasteiger partial charge on any atom is 0.260 e. The van der Waals surface area contributed by atoms with E-state index in [0.717, 1.165) is 43.3 Å². The molecule has 0 bridgehead atoms. The minimum atomic E-state index is -0.961. The normalized spacial score (nSPS) is 17.3. The average molecular weight is 877 g/mol. The maximum atomic E-state index is 13.6. The first-order valence-corrected chi connectivity index (χ1v) is 23.4. The van der Waals surface area contributed by atoms with Crippen LogP contribution in [0.15, 0.2) is 77.2 Å². The zero-order chi connectivity index (χ0) is 48.2. The Morgan fingerprint density at radius 3 is 1.75 bits per heavy atom. The van der Waals surface area contributed by atoms with Gasteiger partial charge >= 0.3 is 0 Å². The fourth-order valence-corrected chi connectivity index (χ4v) is 6.88. The second kappa shape index (κ2) is 31.8. The second-order valence-corrected chi connectivity index (χ2v) is 14.2. The molecule has 0 aromatic heterocycles. The molecule has 0 saturated carbocycles. The third-order valence-electron chi connectivity index (χ3n) is 9.43. The number of methoxy groups -OCH3 is 2. The number of aliphatic imine (C=N–C) groups is 1. The van der Waals surface area contributed by atoms with Gasteiger partial charge in [0, 0.05) is 36.4 Å². The van der Waals surface area contributed by atoms with Gasteiger partial charge in [-0.25, -0.2) is 0 Å². The van der Waals surface area contributed by atoms with Crippen molar-refractivity contribution >= 4 is 29.4 Å². The lowest BCUT2D eigenvalue weighted by atomic mass is 10.1. The first-order valence-electron chi connectivity index (χ1n) is 23.4. The Kier molecular flexibility index (Phi) is 29.2. The van der Waals surface area contributed by atoms with E-state index in [9.17, 15) is 14.7 Å². The zero-order valence-corrected chi connectivity index (χ0v) is 42.2. The summed E-state index contributed by atoms with van der Waals surface area (Å²) < 4.78 is 23.4. The molecule has 0 aliphatic carbocycles. The van der Waals surface area contributed by atoms with Crippen molar-refractivity contribution in [1.82, 2.24) is 9.80 Å². The Morgan fingerprint density at radius 2 is 1.25 bits per heavy atom. The van der Waals surface area contributed by atoms with Gasteiger partial charge in [0.2, 0.25) is 0 Å². The summed E-state index contributed by atoms with van der Waals surface area (Å²) >= 11 is 0. The van der Waals surface area contributed by atoms with Crippen molar-refractivity contribution in [3.05, 3.63) is 83.4 Å². The highest BCUT2D eigenvalue weighted by Crippen LogP contribution is 2.43. The number of aliphatic hydroxyl groups is 1. The standard InChI is InChI=1S/C36H42N4O7.C5H10.C3H8.4C2H6/c1-21(2)40-28-17-33(31(45-6)15-26(28)35(42)39-20-23(4)13-29(39)36(40)43)47-11-9-7-8-10-46-32-16-27-25(14-30(32)44-5)34(41)38-19-22(3)12-24(38)18-37-27;1-3-5-4-2;1-3-2;4*1-2/h14-20,24,29,36,43H,1,7-13H2,2-6H3;3,5H,4H2,1-2H3;3H2,1-2H3;4*1-2H3/b;5-3+;;;;;. The van der Waals surface area contributed by atoms with Crippen LogP contribution in [0.3, 0.4) is 0 Å². The fraction of sp³-hybridized carbons (Fsp3) is 0.558. The summed E-state index contributed by atoms with van der Waals surface area (Å²) in [7, 11) is 3.10. The van der Waals surface area contributed by atoms with Crippen molar-refractivity contribution in [2.45, 2.75) is 167 Å². The van der Waals surface area contributed by atoms with Gasteiger partial charge in [0.25, 0.3) is 11.8 Å². The summed E-state index contributed by atoms with van der Waals surface area (Å²) in [6.45, 7) is 35.1. The van der Waals surface area contributed by atoms with Gasteiger partial charge < -0.3 is 38.8 Å². The van der Waals surface area contributed by atoms with Crippen LogP contribution in [0, 0.1) is 0 Å². The molecule has 4 aliphatic rings. The van der Waals surface area contributed by atoms with Gasteiger partial charge in [0.05, 0.1) is 62.0 Å². The number of carbonyl (C=O) groups excluding carboxylic acids is 2. The highest BCUT2D eigenvalue weighted by atomic mass is 16.5. The van der Waals surface area contributed by atoms with Gasteiger partial charge in [-0.15, -0.1) is 0 Å². The molecule has 3 unspecified atom stereocenters. The minimum Gasteiger partial charge on any atom is -0.493 e. The lowest BCUT2D eigenvalue weighted by Gasteiger charge is -2.34. The number of ether oxygens (including phenoxy) is 4. The number of hydrogen-bond donors (Lipinski definition) is 1. The molecule has 4 aliphatic heterocycles. The Morgan fingerprint density at radius 1 is 0.762 bits per heavy atom. The van der Waals surface area contributed by atoms with Crippen LogP contribution in [-0.4, -0.2) is 78.7 Å². The van der Waals surface area contributed by atoms with Gasteiger partial charge in [0.15, 0.2) is 29.2 Å². The summed E-state index contributed by atoms with van der Waals surface area (Å²) in [5.74, 6) is 1.66. The number of rotatable bonds is 12. The average Bonchev–Trinajstić information content (AvgIpc) is 3.84. The van der Waals surface area contributed by atoms with E-state index in [0.29, 0.717) is 70.8 Å². The zero-order valence-electron chi connectivity index (χ0n) is 42.2. The first kappa shape index (κ1) is 58.0. The third-order valence-corrected chi connectivity index (χ3v) is 9.43. The first-order chi connectivity index (χ1) is 30.4. The molecule has 1 N–H and O–H groups in total. The Balaban J connectivity index is 0.00000212. The van der Waals surface area contributed by atoms with Crippen molar-refractivity contribution in [3.63, 3.8) is 0 Å². The smallest absolute Gasteiger partial charge is 0.260 e. The Bertz CT molecular complexity index is 1820. The molecular weight excluding hydrogens is 793 g/mol. The molecule has 354 valence electrons. The Labute approximate surface area is 382 Å². The van der Waals surface area contributed by atoms with E-state index in [1.54, 1.807) is 59.4 Å². The highest BCUT2D eigenvalue weighted by molar-refractivity contribution is 6.04. The van der Waals surface area contributed by atoms with E-state index in [4.69, 9.17) is 18.9 Å². The van der Waals surface area contributed by atoms with Crippen LogP contribution < -0.4 is 23.8 Å². The number of nitrogens with zero attached hydrogens (tertiary/aromatic N) is 4. The molecule has 0 fully saturated rings. The number of benzene rings is 2. The van der Waals surface area contributed by atoms with Crippen LogP contribution in [0.5, 0.6) is 23.0 Å². The maximum absolute atomic E-state index is 13.6. The molecule has 63 heavy (non-hydrogen) atoms. The predicted octanol–water partition coefficient (Wildman–Crippen LogP) is 13.4. The molecular formula is C52H84N4O7. The third kappa shape index (κ3) is 15.9. The summed E-state index contributed by atoms with van der Waals surface area (Å²) in [5, 5.41) is 11.3. The van der Waals surface area contributed by atoms with E-state index in [-0.39, 0.29) is 17.9 Å². The second-order valence-electron chi connectivity index (χ2n) is 14.2. The summed E-state index contributed by atoms with van der Waals surface area (Å²) in [5.41, 5.74) is 4.80. The van der Waals surface area contributed by atoms with E-state index < -0.39 is 12.3 Å². The lowest BCUT2D eigenvalue weighted by Crippen LogP contribution is -2.47. The predicted molar refractivity (Wildman–Crippen MR) is 265 cm³/mol. The van der Waals surface area contributed by atoms with E-state index >= 15 is 0 Å². The molecule has 2 aromatic carbocycles. The molecule has 3 atom stereocenters. The minimum absolute atomic E-state index is 0.0724. The number of hydrogen-bond acceptors (Lipinski definition) is 9. The molecule has 2 aromatic rings. The molecule has 0 saturated heterocycles. The van der Waals surface area contributed by atoms with Gasteiger partial charge in [-0.2, -0.15) is 0 Å². The fourth-order valence-electron chi connectivity index (χ4n) is 6.88. The number of amides is 2. The van der Waals surface area contributed by atoms with Crippen molar-refractivity contribution in [3.8, 4) is 23.0 Å². The van der Waals surface area contributed by atoms with Crippen molar-refractivity contribution in [2.75, 3.05) is 32.3 Å². The highest BCUT2D eigenvalue weighted by Gasteiger charge is 2.42. The van der Waals surface area contributed by atoms with Gasteiger partial charge in [-0.1, -0.05) is 112 Å². The summed E-state index contributed by atoms with van der Waals surface area (Å²) in [6, 6.07) is 6.43. The van der Waals surface area contributed by atoms with Crippen LogP contribution in [0.4, 0.5) is 11.4 Å². The van der Waals surface area contributed by atoms with Crippen LogP contribution >= 0.6 is 0 Å².